The number of nitrogens with one attached hydrogen (secondary N) is 1. The van der Waals surface area contributed by atoms with Crippen LogP contribution in [0.2, 0.25) is 0 Å². The maximum Gasteiger partial charge on any atom is 0.335 e. The molecule has 0 saturated heterocycles. The molecule has 5 heteroatoms. The quantitative estimate of drug-likeness (QED) is 0.911. The minimum absolute atomic E-state index is 0.0457. The van der Waals surface area contributed by atoms with Crippen molar-refractivity contribution in [3.05, 3.63) is 70.8 Å². The molecule has 0 radical (unpaired) electrons. The Kier molecular flexibility index (Phi) is 4.51. The highest BCUT2D eigenvalue weighted by Gasteiger charge is 2.26. The van der Waals surface area contributed by atoms with Crippen LogP contribution < -0.4 is 5.32 Å². The first-order chi connectivity index (χ1) is 11.6. The third kappa shape index (κ3) is 3.25. The lowest BCUT2D eigenvalue weighted by molar-refractivity contribution is 0.0697. The first-order valence-electron chi connectivity index (χ1n) is 8.01. The smallest absolute Gasteiger partial charge is 0.335 e. The van der Waals surface area contributed by atoms with Crippen molar-refractivity contribution in [1.29, 1.82) is 0 Å². The molecule has 0 fully saturated rings. The van der Waals surface area contributed by atoms with E-state index in [1.807, 2.05) is 24.0 Å². The van der Waals surface area contributed by atoms with Gasteiger partial charge >= 0.3 is 12.0 Å². The summed E-state index contributed by atoms with van der Waals surface area (Å²) in [6.45, 7) is 3.12. The van der Waals surface area contributed by atoms with Crippen LogP contribution in [0.15, 0.2) is 48.5 Å². The van der Waals surface area contributed by atoms with Gasteiger partial charge in [0.2, 0.25) is 0 Å². The van der Waals surface area contributed by atoms with E-state index in [1.54, 1.807) is 24.3 Å². The Balaban J connectivity index is 1.62. The fraction of sp³-hybridized carbons (Fsp3) is 0.263. The van der Waals surface area contributed by atoms with Gasteiger partial charge in [-0.25, -0.2) is 9.59 Å². The number of carboxylic acid groups (broad SMARTS) is 1. The Hall–Kier alpha value is -2.82. The third-order valence-corrected chi connectivity index (χ3v) is 4.50. The second-order valence-corrected chi connectivity index (χ2v) is 5.98. The van der Waals surface area contributed by atoms with Crippen molar-refractivity contribution >= 4 is 12.0 Å². The Morgan fingerprint density at radius 3 is 2.58 bits per heavy atom. The van der Waals surface area contributed by atoms with Crippen molar-refractivity contribution < 1.29 is 14.7 Å². The van der Waals surface area contributed by atoms with Gasteiger partial charge in [0.15, 0.2) is 0 Å². The molecule has 0 aromatic heterocycles. The molecule has 2 aromatic rings. The fourth-order valence-corrected chi connectivity index (χ4v) is 3.09. The van der Waals surface area contributed by atoms with Crippen molar-refractivity contribution in [3.8, 4) is 0 Å². The second-order valence-electron chi connectivity index (χ2n) is 5.98. The summed E-state index contributed by atoms with van der Waals surface area (Å²) < 4.78 is 0. The Morgan fingerprint density at radius 2 is 1.88 bits per heavy atom. The number of hydrogen-bond acceptors (Lipinski definition) is 2. The first-order valence-corrected chi connectivity index (χ1v) is 8.01. The van der Waals surface area contributed by atoms with E-state index in [4.69, 9.17) is 5.11 Å². The molecule has 0 saturated carbocycles. The van der Waals surface area contributed by atoms with Gasteiger partial charge in [-0.3, -0.25) is 0 Å². The molecule has 1 heterocycles. The summed E-state index contributed by atoms with van der Waals surface area (Å²) in [5.41, 5.74) is 3.62. The summed E-state index contributed by atoms with van der Waals surface area (Å²) in [5, 5.41) is 11.8. The lowest BCUT2D eigenvalue weighted by Crippen LogP contribution is -2.44. The molecule has 1 aliphatic rings. The molecule has 24 heavy (non-hydrogen) atoms. The largest absolute Gasteiger partial charge is 0.478 e. The van der Waals surface area contributed by atoms with Gasteiger partial charge in [-0.05, 0) is 42.2 Å². The topological polar surface area (TPSA) is 69.6 Å². The number of carbonyl (C=O) groups is 2. The zero-order valence-electron chi connectivity index (χ0n) is 13.5. The second kappa shape index (κ2) is 6.74. The van der Waals surface area contributed by atoms with E-state index < -0.39 is 5.97 Å². The number of nitrogens with zero attached hydrogens (tertiary/aromatic N) is 1. The molecule has 1 atom stereocenters. The normalized spacial score (nSPS) is 16.4. The molecule has 0 aliphatic carbocycles. The lowest BCUT2D eigenvalue weighted by atomic mass is 9.94. The summed E-state index contributed by atoms with van der Waals surface area (Å²) in [7, 11) is 0. The fourth-order valence-electron chi connectivity index (χ4n) is 3.09. The predicted molar refractivity (Wildman–Crippen MR) is 90.9 cm³/mol. The molecule has 0 spiro atoms. The molecule has 5 nitrogen and oxygen atoms in total. The van der Waals surface area contributed by atoms with Gasteiger partial charge in [-0.1, -0.05) is 36.4 Å². The SMILES string of the molecule is CC1c2ccccc2CCN1C(=O)NCc1ccc(C(=O)O)cc1. The van der Waals surface area contributed by atoms with Crippen LogP contribution in [0.3, 0.4) is 0 Å². The number of fused-ring (bicyclic) bond motifs is 1. The van der Waals surface area contributed by atoms with E-state index in [-0.39, 0.29) is 17.6 Å². The molecule has 2 amide bonds. The molecule has 0 bridgehead atoms. The molecular weight excluding hydrogens is 304 g/mol. The van der Waals surface area contributed by atoms with Crippen molar-refractivity contribution in [1.82, 2.24) is 10.2 Å². The van der Waals surface area contributed by atoms with E-state index in [0.29, 0.717) is 13.1 Å². The van der Waals surface area contributed by atoms with Gasteiger partial charge in [0.05, 0.1) is 11.6 Å². The molecule has 1 unspecified atom stereocenters. The van der Waals surface area contributed by atoms with Gasteiger partial charge in [-0.2, -0.15) is 0 Å². The molecule has 124 valence electrons. The van der Waals surface area contributed by atoms with Crippen molar-refractivity contribution in [2.75, 3.05) is 6.54 Å². The highest BCUT2D eigenvalue weighted by Crippen LogP contribution is 2.28. The standard InChI is InChI=1S/C19H20N2O3/c1-13-17-5-3-2-4-15(17)10-11-21(13)19(24)20-12-14-6-8-16(9-7-14)18(22)23/h2-9,13H,10-12H2,1H3,(H,20,24)(H,22,23). The third-order valence-electron chi connectivity index (χ3n) is 4.50. The minimum atomic E-state index is -0.952. The Bertz CT molecular complexity index is 755. The lowest BCUT2D eigenvalue weighted by Gasteiger charge is -2.35. The van der Waals surface area contributed by atoms with E-state index >= 15 is 0 Å². The van der Waals surface area contributed by atoms with Crippen LogP contribution in [0, 0.1) is 0 Å². The zero-order valence-corrected chi connectivity index (χ0v) is 13.5. The van der Waals surface area contributed by atoms with E-state index in [9.17, 15) is 9.59 Å². The van der Waals surface area contributed by atoms with Crippen LogP contribution in [0.25, 0.3) is 0 Å². The maximum atomic E-state index is 12.5. The van der Waals surface area contributed by atoms with Crippen LogP contribution in [0.1, 0.15) is 40.0 Å². The number of rotatable bonds is 3. The summed E-state index contributed by atoms with van der Waals surface area (Å²) in [6, 6.07) is 14.7. The van der Waals surface area contributed by atoms with Gasteiger partial charge in [0.1, 0.15) is 0 Å². The summed E-state index contributed by atoms with van der Waals surface area (Å²) in [5.74, 6) is -0.952. The average molecular weight is 324 g/mol. The monoisotopic (exact) mass is 324 g/mol. The van der Waals surface area contributed by atoms with Gasteiger partial charge < -0.3 is 15.3 Å². The number of amides is 2. The minimum Gasteiger partial charge on any atom is -0.478 e. The Morgan fingerprint density at radius 1 is 1.17 bits per heavy atom. The highest BCUT2D eigenvalue weighted by molar-refractivity contribution is 5.87. The van der Waals surface area contributed by atoms with Crippen LogP contribution in [0.4, 0.5) is 4.79 Å². The van der Waals surface area contributed by atoms with E-state index in [2.05, 4.69) is 17.4 Å². The molecule has 2 aromatic carbocycles. The molecule has 2 N–H and O–H groups in total. The number of carboxylic acids is 1. The van der Waals surface area contributed by atoms with Crippen molar-refractivity contribution in [2.45, 2.75) is 25.9 Å². The zero-order chi connectivity index (χ0) is 17.1. The van der Waals surface area contributed by atoms with Gasteiger partial charge in [0, 0.05) is 13.1 Å². The highest BCUT2D eigenvalue weighted by atomic mass is 16.4. The maximum absolute atomic E-state index is 12.5. The molecular formula is C19H20N2O3. The van der Waals surface area contributed by atoms with Crippen molar-refractivity contribution in [2.24, 2.45) is 0 Å². The Labute approximate surface area is 140 Å². The van der Waals surface area contributed by atoms with Crippen molar-refractivity contribution in [3.63, 3.8) is 0 Å². The van der Waals surface area contributed by atoms with Gasteiger partial charge in [0.25, 0.3) is 0 Å². The van der Waals surface area contributed by atoms with Crippen LogP contribution >= 0.6 is 0 Å². The number of carbonyl (C=O) groups excluding carboxylic acids is 1. The summed E-state index contributed by atoms with van der Waals surface area (Å²) in [4.78, 5) is 25.2. The first kappa shape index (κ1) is 16.1. The number of hydrogen-bond donors (Lipinski definition) is 2. The van der Waals surface area contributed by atoms with E-state index in [1.165, 1.54) is 11.1 Å². The average Bonchev–Trinajstić information content (AvgIpc) is 2.60. The van der Waals surface area contributed by atoms with Gasteiger partial charge in [-0.15, -0.1) is 0 Å². The predicted octanol–water partition coefficient (Wildman–Crippen LogP) is 3.21. The molecule has 1 aliphatic heterocycles. The number of benzene rings is 2. The number of aromatic carboxylic acids is 1. The van der Waals surface area contributed by atoms with Crippen LogP contribution in [-0.2, 0) is 13.0 Å². The van der Waals surface area contributed by atoms with E-state index in [0.717, 1.165) is 12.0 Å². The number of urea groups is 1. The summed E-state index contributed by atoms with van der Waals surface area (Å²) >= 11 is 0. The molecule has 3 rings (SSSR count). The van der Waals surface area contributed by atoms with Crippen LogP contribution in [0.5, 0.6) is 0 Å². The summed E-state index contributed by atoms with van der Waals surface area (Å²) in [6.07, 6.45) is 0.862. The van der Waals surface area contributed by atoms with Crippen LogP contribution in [-0.4, -0.2) is 28.6 Å².